The third kappa shape index (κ3) is 6.01. The number of methoxy groups -OCH3 is 1. The number of carbonyl (C=O) groups is 1. The molecular formula is C7H12N2O5S. The molecule has 8 heteroatoms. The molecule has 0 aliphatic rings. The van der Waals surface area contributed by atoms with Crippen molar-refractivity contribution in [3.63, 3.8) is 0 Å². The van der Waals surface area contributed by atoms with Crippen molar-refractivity contribution in [1.82, 2.24) is 4.72 Å². The lowest BCUT2D eigenvalue weighted by atomic mass is 10.2. The van der Waals surface area contributed by atoms with Crippen LogP contribution >= 0.6 is 0 Å². The molecule has 0 amide bonds. The third-order valence-electron chi connectivity index (χ3n) is 1.49. The fourth-order valence-corrected chi connectivity index (χ4v) is 1.72. The molecular weight excluding hydrogens is 224 g/mol. The minimum atomic E-state index is -3.85. The van der Waals surface area contributed by atoms with Gasteiger partial charge in [0.2, 0.25) is 10.0 Å². The van der Waals surface area contributed by atoms with Gasteiger partial charge in [0.1, 0.15) is 6.04 Å². The minimum absolute atomic E-state index is 0.0104. The molecule has 0 aromatic carbocycles. The predicted molar refractivity (Wildman–Crippen MR) is 50.5 cm³/mol. The van der Waals surface area contributed by atoms with Gasteiger partial charge >= 0.3 is 5.97 Å². The number of nitrogens with zero attached hydrogens (tertiary/aromatic N) is 1. The van der Waals surface area contributed by atoms with Gasteiger partial charge in [0.15, 0.2) is 5.75 Å². The Labute approximate surface area is 87.7 Å². The number of hydrogen-bond acceptors (Lipinski definition) is 5. The van der Waals surface area contributed by atoms with E-state index in [4.69, 9.17) is 10.4 Å². The number of ether oxygens (including phenoxy) is 1. The van der Waals surface area contributed by atoms with E-state index in [1.165, 1.54) is 13.2 Å². The van der Waals surface area contributed by atoms with Crippen molar-refractivity contribution in [2.24, 2.45) is 0 Å². The number of carboxylic acids is 1. The molecule has 0 aliphatic heterocycles. The highest BCUT2D eigenvalue weighted by molar-refractivity contribution is 7.89. The van der Waals surface area contributed by atoms with Crippen LogP contribution in [0.1, 0.15) is 6.42 Å². The molecule has 0 heterocycles. The van der Waals surface area contributed by atoms with Gasteiger partial charge in [-0.2, -0.15) is 9.98 Å². The largest absolute Gasteiger partial charge is 0.480 e. The van der Waals surface area contributed by atoms with Crippen LogP contribution in [0.3, 0.4) is 0 Å². The van der Waals surface area contributed by atoms with Crippen LogP contribution < -0.4 is 4.72 Å². The lowest BCUT2D eigenvalue weighted by Crippen LogP contribution is -2.42. The SMILES string of the molecule is COCCC(NS(=O)(=O)CC#N)C(=O)O. The van der Waals surface area contributed by atoms with Gasteiger partial charge in [0.25, 0.3) is 0 Å². The molecule has 0 rings (SSSR count). The molecule has 0 bridgehead atoms. The van der Waals surface area contributed by atoms with Crippen LogP contribution in [0, 0.1) is 11.3 Å². The molecule has 1 unspecified atom stereocenters. The Balaban J connectivity index is 4.42. The zero-order chi connectivity index (χ0) is 11.9. The minimum Gasteiger partial charge on any atom is -0.480 e. The molecule has 0 radical (unpaired) electrons. The highest BCUT2D eigenvalue weighted by Gasteiger charge is 2.23. The number of nitrogens with one attached hydrogen (secondary N) is 1. The van der Waals surface area contributed by atoms with Crippen LogP contribution in [0.5, 0.6) is 0 Å². The van der Waals surface area contributed by atoms with Crippen LogP contribution in [-0.4, -0.2) is 45.0 Å². The molecule has 0 spiro atoms. The van der Waals surface area contributed by atoms with E-state index in [-0.39, 0.29) is 13.0 Å². The van der Waals surface area contributed by atoms with E-state index >= 15 is 0 Å². The molecule has 0 saturated carbocycles. The Morgan fingerprint density at radius 2 is 2.27 bits per heavy atom. The standard InChI is InChI=1S/C7H12N2O5S/c1-14-4-2-6(7(10)11)9-15(12,13)5-3-8/h6,9H,2,4-5H2,1H3,(H,10,11). The first-order valence-corrected chi connectivity index (χ1v) is 5.67. The number of hydrogen-bond donors (Lipinski definition) is 2. The lowest BCUT2D eigenvalue weighted by molar-refractivity contribution is -0.139. The summed E-state index contributed by atoms with van der Waals surface area (Å²) in [7, 11) is -2.48. The summed E-state index contributed by atoms with van der Waals surface area (Å²) in [6.45, 7) is 0.117. The first-order chi connectivity index (χ1) is 6.93. The number of nitriles is 1. The van der Waals surface area contributed by atoms with E-state index < -0.39 is 27.8 Å². The van der Waals surface area contributed by atoms with Crippen LogP contribution in [0.15, 0.2) is 0 Å². The molecule has 2 N–H and O–H groups in total. The first kappa shape index (κ1) is 13.8. The predicted octanol–water partition coefficient (Wildman–Crippen LogP) is -1.08. The Morgan fingerprint density at radius 1 is 1.67 bits per heavy atom. The Bertz CT molecular complexity index is 345. The van der Waals surface area contributed by atoms with Gasteiger partial charge in [0.05, 0.1) is 6.07 Å². The van der Waals surface area contributed by atoms with Crippen molar-refractivity contribution in [1.29, 1.82) is 5.26 Å². The second-order valence-electron chi connectivity index (χ2n) is 2.71. The third-order valence-corrected chi connectivity index (χ3v) is 2.64. The molecule has 0 aromatic rings. The summed E-state index contributed by atoms with van der Waals surface area (Å²) in [5.74, 6) is -2.06. The lowest BCUT2D eigenvalue weighted by Gasteiger charge is -2.12. The number of rotatable bonds is 7. The van der Waals surface area contributed by atoms with Crippen molar-refractivity contribution < 1.29 is 23.1 Å². The van der Waals surface area contributed by atoms with Gasteiger partial charge in [-0.1, -0.05) is 0 Å². The van der Waals surface area contributed by atoms with Crippen molar-refractivity contribution >= 4 is 16.0 Å². The van der Waals surface area contributed by atoms with Crippen molar-refractivity contribution in [3.05, 3.63) is 0 Å². The molecule has 0 saturated heterocycles. The van der Waals surface area contributed by atoms with Crippen LogP contribution in [-0.2, 0) is 19.6 Å². The zero-order valence-corrected chi connectivity index (χ0v) is 8.95. The fourth-order valence-electron chi connectivity index (χ4n) is 0.812. The van der Waals surface area contributed by atoms with E-state index in [2.05, 4.69) is 4.74 Å². The average Bonchev–Trinajstić information content (AvgIpc) is 2.11. The summed E-state index contributed by atoms with van der Waals surface area (Å²) in [4.78, 5) is 10.6. The second-order valence-corrected chi connectivity index (χ2v) is 4.46. The second kappa shape index (κ2) is 6.34. The topological polar surface area (TPSA) is 116 Å². The number of carboxylic acid groups (broad SMARTS) is 1. The van der Waals surface area contributed by atoms with Gasteiger partial charge in [-0.3, -0.25) is 4.79 Å². The molecule has 86 valence electrons. The van der Waals surface area contributed by atoms with E-state index in [9.17, 15) is 13.2 Å². The summed E-state index contributed by atoms with van der Waals surface area (Å²) >= 11 is 0. The molecule has 7 nitrogen and oxygen atoms in total. The maximum Gasteiger partial charge on any atom is 0.321 e. The van der Waals surface area contributed by atoms with Crippen molar-refractivity contribution in [3.8, 4) is 6.07 Å². The summed E-state index contributed by atoms with van der Waals surface area (Å²) in [6.07, 6.45) is 0.0104. The highest BCUT2D eigenvalue weighted by Crippen LogP contribution is 1.96. The summed E-state index contributed by atoms with van der Waals surface area (Å²) in [5.41, 5.74) is 0. The normalized spacial score (nSPS) is 13.1. The van der Waals surface area contributed by atoms with Crippen molar-refractivity contribution in [2.75, 3.05) is 19.5 Å². The summed E-state index contributed by atoms with van der Waals surface area (Å²) < 4.78 is 28.7. The fraction of sp³-hybridized carbons (Fsp3) is 0.714. The Morgan fingerprint density at radius 3 is 2.67 bits per heavy atom. The zero-order valence-electron chi connectivity index (χ0n) is 8.13. The first-order valence-electron chi connectivity index (χ1n) is 4.01. The maximum absolute atomic E-state index is 11.1. The van der Waals surface area contributed by atoms with E-state index in [1.807, 2.05) is 4.72 Å². The van der Waals surface area contributed by atoms with Gasteiger partial charge in [-0.05, 0) is 6.42 Å². The summed E-state index contributed by atoms with van der Waals surface area (Å²) in [5, 5.41) is 16.9. The molecule has 0 aliphatic carbocycles. The van der Waals surface area contributed by atoms with Crippen LogP contribution in [0.2, 0.25) is 0 Å². The monoisotopic (exact) mass is 236 g/mol. The number of sulfonamides is 1. The van der Waals surface area contributed by atoms with Crippen LogP contribution in [0.4, 0.5) is 0 Å². The Kier molecular flexibility index (Phi) is 5.84. The van der Waals surface area contributed by atoms with Gasteiger partial charge < -0.3 is 9.84 Å². The highest BCUT2D eigenvalue weighted by atomic mass is 32.2. The van der Waals surface area contributed by atoms with Gasteiger partial charge in [-0.25, -0.2) is 8.42 Å². The quantitative estimate of drug-likeness (QED) is 0.580. The van der Waals surface area contributed by atoms with Crippen molar-refractivity contribution in [2.45, 2.75) is 12.5 Å². The van der Waals surface area contributed by atoms with Crippen LogP contribution in [0.25, 0.3) is 0 Å². The number of aliphatic carboxylic acids is 1. The smallest absolute Gasteiger partial charge is 0.321 e. The molecule has 15 heavy (non-hydrogen) atoms. The van der Waals surface area contributed by atoms with Gasteiger partial charge in [-0.15, -0.1) is 0 Å². The van der Waals surface area contributed by atoms with E-state index in [0.29, 0.717) is 0 Å². The molecule has 0 aromatic heterocycles. The molecule has 1 atom stereocenters. The molecule has 0 fully saturated rings. The van der Waals surface area contributed by atoms with E-state index in [0.717, 1.165) is 0 Å². The average molecular weight is 236 g/mol. The summed E-state index contributed by atoms with van der Waals surface area (Å²) in [6, 6.07) is 0.173. The van der Waals surface area contributed by atoms with Gasteiger partial charge in [0, 0.05) is 13.7 Å². The Hall–Kier alpha value is -1.17. The maximum atomic E-state index is 11.1. The van der Waals surface area contributed by atoms with E-state index in [1.54, 1.807) is 0 Å².